The van der Waals surface area contributed by atoms with E-state index >= 15 is 0 Å². The van der Waals surface area contributed by atoms with Crippen molar-refractivity contribution in [1.29, 1.82) is 0 Å². The van der Waals surface area contributed by atoms with Crippen molar-refractivity contribution in [3.05, 3.63) is 70.6 Å². The summed E-state index contributed by atoms with van der Waals surface area (Å²) in [4.78, 5) is 23.6. The third-order valence-corrected chi connectivity index (χ3v) is 4.32. The summed E-state index contributed by atoms with van der Waals surface area (Å²) in [5.74, 6) is -0.337. The number of carboxylic acid groups (broad SMARTS) is 1. The molecule has 0 fully saturated rings. The molecule has 28 heavy (non-hydrogen) atoms. The molecule has 7 heteroatoms. The molecule has 0 spiro atoms. The van der Waals surface area contributed by atoms with E-state index in [4.69, 9.17) is 14.6 Å². The molecule has 1 aromatic heterocycles. The van der Waals surface area contributed by atoms with Gasteiger partial charge in [-0.25, -0.2) is 9.48 Å². The van der Waals surface area contributed by atoms with Crippen LogP contribution in [0.2, 0.25) is 0 Å². The van der Waals surface area contributed by atoms with Crippen LogP contribution in [-0.2, 0) is 22.5 Å². The molecule has 146 valence electrons. The van der Waals surface area contributed by atoms with Gasteiger partial charge in [0.2, 0.25) is 0 Å². The Balaban J connectivity index is 1.57. The van der Waals surface area contributed by atoms with Crippen molar-refractivity contribution in [1.82, 2.24) is 9.78 Å². The van der Waals surface area contributed by atoms with Gasteiger partial charge in [0.05, 0.1) is 18.1 Å². The molecule has 0 aliphatic rings. The van der Waals surface area contributed by atoms with Crippen molar-refractivity contribution in [2.24, 2.45) is 0 Å². The molecule has 2 aromatic carbocycles. The van der Waals surface area contributed by atoms with Gasteiger partial charge in [-0.15, -0.1) is 0 Å². The SMILES string of the molecule is CCO[C@H](Cc1ccc(OCCn2ncc3ccccc3c2=O)cc1)C(=O)O. The summed E-state index contributed by atoms with van der Waals surface area (Å²) in [6.45, 7) is 2.74. The fraction of sp³-hybridized carbons (Fsp3) is 0.286. The second-order valence-electron chi connectivity index (χ2n) is 6.24. The van der Waals surface area contributed by atoms with Crippen molar-refractivity contribution < 1.29 is 19.4 Å². The van der Waals surface area contributed by atoms with Gasteiger partial charge in [-0.3, -0.25) is 4.79 Å². The lowest BCUT2D eigenvalue weighted by molar-refractivity contribution is -0.149. The van der Waals surface area contributed by atoms with Gasteiger partial charge in [0.1, 0.15) is 12.4 Å². The highest BCUT2D eigenvalue weighted by Gasteiger charge is 2.17. The van der Waals surface area contributed by atoms with Crippen LogP contribution in [0.5, 0.6) is 5.75 Å². The monoisotopic (exact) mass is 382 g/mol. The van der Waals surface area contributed by atoms with Crippen LogP contribution in [-0.4, -0.2) is 40.2 Å². The number of benzene rings is 2. The first-order valence-corrected chi connectivity index (χ1v) is 9.09. The molecule has 7 nitrogen and oxygen atoms in total. The van der Waals surface area contributed by atoms with Crippen molar-refractivity contribution in [3.63, 3.8) is 0 Å². The summed E-state index contributed by atoms with van der Waals surface area (Å²) in [6.07, 6.45) is 1.10. The number of carboxylic acids is 1. The van der Waals surface area contributed by atoms with Crippen molar-refractivity contribution >= 4 is 16.7 Å². The molecule has 0 bridgehead atoms. The summed E-state index contributed by atoms with van der Waals surface area (Å²) in [7, 11) is 0. The number of aliphatic carboxylic acids is 1. The van der Waals surface area contributed by atoms with Crippen LogP contribution in [0.3, 0.4) is 0 Å². The van der Waals surface area contributed by atoms with Gasteiger partial charge in [-0.2, -0.15) is 5.10 Å². The Morgan fingerprint density at radius 3 is 2.64 bits per heavy atom. The van der Waals surface area contributed by atoms with Gasteiger partial charge < -0.3 is 14.6 Å². The zero-order chi connectivity index (χ0) is 19.9. The summed E-state index contributed by atoms with van der Waals surface area (Å²) in [6, 6.07) is 14.5. The van der Waals surface area contributed by atoms with E-state index in [0.29, 0.717) is 37.3 Å². The maximum Gasteiger partial charge on any atom is 0.333 e. The molecule has 1 N–H and O–H groups in total. The molecular formula is C21H22N2O5. The van der Waals surface area contributed by atoms with Crippen LogP contribution in [0.1, 0.15) is 12.5 Å². The Bertz CT molecular complexity index is 998. The minimum atomic E-state index is -0.976. The lowest BCUT2D eigenvalue weighted by Gasteiger charge is -2.13. The standard InChI is InChI=1S/C21H22N2O5/c1-2-27-19(21(25)26)13-15-7-9-17(10-8-15)28-12-11-23-20(24)18-6-4-3-5-16(18)14-22-23/h3-10,14,19H,2,11-13H2,1H3,(H,25,26)/t19-/m1/s1. The molecule has 0 amide bonds. The normalized spacial score (nSPS) is 12.0. The second-order valence-corrected chi connectivity index (χ2v) is 6.24. The van der Waals surface area contributed by atoms with Crippen molar-refractivity contribution in [3.8, 4) is 5.75 Å². The number of nitrogens with zero attached hydrogens (tertiary/aromatic N) is 2. The Hall–Kier alpha value is -3.19. The smallest absolute Gasteiger partial charge is 0.333 e. The van der Waals surface area contributed by atoms with Crippen LogP contribution >= 0.6 is 0 Å². The van der Waals surface area contributed by atoms with Gasteiger partial charge in [0.15, 0.2) is 6.10 Å². The number of hydrogen-bond donors (Lipinski definition) is 1. The largest absolute Gasteiger partial charge is 0.492 e. The second kappa shape index (κ2) is 9.14. The van der Waals surface area contributed by atoms with E-state index in [1.54, 1.807) is 31.3 Å². The summed E-state index contributed by atoms with van der Waals surface area (Å²) in [5.41, 5.74) is 0.702. The molecule has 3 aromatic rings. The van der Waals surface area contributed by atoms with E-state index in [1.807, 2.05) is 30.3 Å². The highest BCUT2D eigenvalue weighted by atomic mass is 16.5. The molecule has 1 atom stereocenters. The maximum absolute atomic E-state index is 12.4. The number of ether oxygens (including phenoxy) is 2. The summed E-state index contributed by atoms with van der Waals surface area (Å²) >= 11 is 0. The number of fused-ring (bicyclic) bond motifs is 1. The van der Waals surface area contributed by atoms with Crippen LogP contribution in [0.15, 0.2) is 59.5 Å². The lowest BCUT2D eigenvalue weighted by atomic mass is 10.1. The predicted octanol–water partition coefficient (Wildman–Crippen LogP) is 2.51. The minimum Gasteiger partial charge on any atom is -0.492 e. The number of carbonyl (C=O) groups is 1. The van der Waals surface area contributed by atoms with Crippen LogP contribution in [0.25, 0.3) is 10.8 Å². The van der Waals surface area contributed by atoms with Gasteiger partial charge in [-0.1, -0.05) is 30.3 Å². The number of aromatic nitrogens is 2. The molecule has 0 unspecified atom stereocenters. The predicted molar refractivity (Wildman–Crippen MR) is 105 cm³/mol. The Morgan fingerprint density at radius 1 is 1.18 bits per heavy atom. The first-order chi connectivity index (χ1) is 13.6. The summed E-state index contributed by atoms with van der Waals surface area (Å²) < 4.78 is 12.3. The van der Waals surface area contributed by atoms with E-state index in [2.05, 4.69) is 5.10 Å². The fourth-order valence-electron chi connectivity index (χ4n) is 2.89. The molecule has 0 radical (unpaired) electrons. The zero-order valence-corrected chi connectivity index (χ0v) is 15.6. The number of hydrogen-bond acceptors (Lipinski definition) is 5. The molecule has 3 rings (SSSR count). The highest BCUT2D eigenvalue weighted by molar-refractivity contribution is 5.80. The Kier molecular flexibility index (Phi) is 6.39. The average molecular weight is 382 g/mol. The third-order valence-electron chi connectivity index (χ3n) is 4.32. The number of rotatable bonds is 9. The van der Waals surface area contributed by atoms with E-state index in [0.717, 1.165) is 10.9 Å². The average Bonchev–Trinajstić information content (AvgIpc) is 2.70. The third kappa shape index (κ3) is 4.75. The molecule has 0 saturated carbocycles. The van der Waals surface area contributed by atoms with Gasteiger partial charge >= 0.3 is 5.97 Å². The molecule has 0 saturated heterocycles. The summed E-state index contributed by atoms with van der Waals surface area (Å²) in [5, 5.41) is 14.8. The van der Waals surface area contributed by atoms with Gasteiger partial charge in [0.25, 0.3) is 5.56 Å². The lowest BCUT2D eigenvalue weighted by Crippen LogP contribution is -2.26. The van der Waals surface area contributed by atoms with Crippen molar-refractivity contribution in [2.45, 2.75) is 26.0 Å². The van der Waals surface area contributed by atoms with E-state index in [1.165, 1.54) is 4.68 Å². The minimum absolute atomic E-state index is 0.146. The Labute approximate surface area is 162 Å². The maximum atomic E-state index is 12.4. The van der Waals surface area contributed by atoms with Gasteiger partial charge in [-0.05, 0) is 30.7 Å². The van der Waals surface area contributed by atoms with E-state index in [9.17, 15) is 9.59 Å². The topological polar surface area (TPSA) is 90.7 Å². The van der Waals surface area contributed by atoms with E-state index in [-0.39, 0.29) is 5.56 Å². The van der Waals surface area contributed by atoms with Crippen LogP contribution in [0, 0.1) is 0 Å². The van der Waals surface area contributed by atoms with Crippen LogP contribution in [0.4, 0.5) is 0 Å². The zero-order valence-electron chi connectivity index (χ0n) is 15.6. The Morgan fingerprint density at radius 2 is 1.93 bits per heavy atom. The quantitative estimate of drug-likeness (QED) is 0.612. The first-order valence-electron chi connectivity index (χ1n) is 9.09. The van der Waals surface area contributed by atoms with Crippen LogP contribution < -0.4 is 10.3 Å². The van der Waals surface area contributed by atoms with E-state index < -0.39 is 12.1 Å². The highest BCUT2D eigenvalue weighted by Crippen LogP contribution is 2.15. The fourth-order valence-corrected chi connectivity index (χ4v) is 2.89. The van der Waals surface area contributed by atoms with Crippen molar-refractivity contribution in [2.75, 3.05) is 13.2 Å². The molecular weight excluding hydrogens is 360 g/mol. The molecule has 0 aliphatic carbocycles. The first kappa shape index (κ1) is 19.6. The van der Waals surface area contributed by atoms with Gasteiger partial charge in [0, 0.05) is 18.4 Å². The molecule has 0 aliphatic heterocycles. The molecule has 1 heterocycles.